The molecule has 0 spiro atoms. The molecule has 1 fully saturated rings. The molecule has 120 valence electrons. The van der Waals surface area contributed by atoms with Crippen LogP contribution in [0, 0.1) is 5.92 Å². The molecule has 1 aliphatic rings. The van der Waals surface area contributed by atoms with Gasteiger partial charge < -0.3 is 4.74 Å². The smallest absolute Gasteiger partial charge is 0.153 e. The lowest BCUT2D eigenvalue weighted by molar-refractivity contribution is 0.0752. The number of hydrogen-bond donors (Lipinski definition) is 0. The Labute approximate surface area is 127 Å². The number of hydrogen-bond acceptors (Lipinski definition) is 5. The van der Waals surface area contributed by atoms with Crippen molar-refractivity contribution < 1.29 is 13.2 Å². The molecule has 1 aromatic rings. The van der Waals surface area contributed by atoms with Gasteiger partial charge in [-0.1, -0.05) is 13.8 Å². The fourth-order valence-corrected chi connectivity index (χ4v) is 4.09. The van der Waals surface area contributed by atoms with Crippen molar-refractivity contribution in [3.63, 3.8) is 0 Å². The molecule has 0 radical (unpaired) electrons. The fourth-order valence-electron chi connectivity index (χ4n) is 2.53. The average Bonchev–Trinajstić information content (AvgIpc) is 2.82. The molecular formula is C14H25N3O3S. The third-order valence-corrected chi connectivity index (χ3v) is 5.25. The predicted molar refractivity (Wildman–Crippen MR) is 81.8 cm³/mol. The molecule has 0 aliphatic carbocycles. The second kappa shape index (κ2) is 6.89. The minimum atomic E-state index is -2.97. The molecule has 1 aromatic heterocycles. The zero-order valence-corrected chi connectivity index (χ0v) is 13.8. The van der Waals surface area contributed by atoms with Gasteiger partial charge in [0.15, 0.2) is 9.84 Å². The maximum absolute atomic E-state index is 11.9. The van der Waals surface area contributed by atoms with Crippen LogP contribution in [0.3, 0.4) is 0 Å². The molecule has 0 amide bonds. The summed E-state index contributed by atoms with van der Waals surface area (Å²) in [6.45, 7) is 6.92. The molecule has 2 rings (SSSR count). The topological polar surface area (TPSA) is 64.4 Å². The Bertz CT molecular complexity index is 554. The van der Waals surface area contributed by atoms with E-state index >= 15 is 0 Å². The van der Waals surface area contributed by atoms with E-state index < -0.39 is 9.84 Å². The number of aromatic nitrogens is 2. The molecule has 0 aromatic carbocycles. The molecule has 2 heterocycles. The highest BCUT2D eigenvalue weighted by Gasteiger charge is 2.32. The Morgan fingerprint density at radius 2 is 2.24 bits per heavy atom. The first-order valence-electron chi connectivity index (χ1n) is 7.38. The van der Waals surface area contributed by atoms with Crippen LogP contribution in [0.2, 0.25) is 0 Å². The third-order valence-electron chi connectivity index (χ3n) is 3.63. The molecule has 1 atom stereocenters. The van der Waals surface area contributed by atoms with E-state index in [4.69, 9.17) is 4.74 Å². The van der Waals surface area contributed by atoms with Gasteiger partial charge in [0.25, 0.3) is 0 Å². The van der Waals surface area contributed by atoms with E-state index in [9.17, 15) is 8.42 Å². The van der Waals surface area contributed by atoms with Gasteiger partial charge in [0.1, 0.15) is 0 Å². The maximum Gasteiger partial charge on any atom is 0.153 e. The normalized spacial score (nSPS) is 22.8. The molecule has 6 nitrogen and oxygen atoms in total. The Hall–Kier alpha value is -0.920. The van der Waals surface area contributed by atoms with Crippen molar-refractivity contribution in [2.75, 3.05) is 37.8 Å². The van der Waals surface area contributed by atoms with E-state index in [0.29, 0.717) is 19.1 Å². The zero-order chi connectivity index (χ0) is 15.5. The zero-order valence-electron chi connectivity index (χ0n) is 13.0. The number of aryl methyl sites for hydroxylation is 1. The van der Waals surface area contributed by atoms with Crippen LogP contribution in [0.5, 0.6) is 0 Å². The molecule has 0 N–H and O–H groups in total. The van der Waals surface area contributed by atoms with Gasteiger partial charge in [0.05, 0.1) is 30.4 Å². The van der Waals surface area contributed by atoms with Crippen LogP contribution in [-0.4, -0.2) is 60.9 Å². The van der Waals surface area contributed by atoms with Gasteiger partial charge in [-0.2, -0.15) is 5.10 Å². The monoisotopic (exact) mass is 315 g/mol. The third kappa shape index (κ3) is 4.79. The molecule has 0 unspecified atom stereocenters. The van der Waals surface area contributed by atoms with E-state index in [2.05, 4.69) is 23.8 Å². The van der Waals surface area contributed by atoms with Gasteiger partial charge in [-0.15, -0.1) is 0 Å². The average molecular weight is 315 g/mol. The van der Waals surface area contributed by atoms with E-state index in [-0.39, 0.29) is 17.5 Å². The van der Waals surface area contributed by atoms with Crippen molar-refractivity contribution in [2.45, 2.75) is 19.9 Å². The van der Waals surface area contributed by atoms with Crippen molar-refractivity contribution >= 4 is 9.84 Å². The first kappa shape index (κ1) is 16.5. The number of sulfone groups is 1. The standard InChI is InChI=1S/C14H25N3O3S/c1-12(2)10-20-6-4-17-5-7-21(18,19)11-14(17)13-8-15-16(3)9-13/h8-9,12,14H,4-7,10-11H2,1-3H3/t14-/m1/s1. The van der Waals surface area contributed by atoms with Crippen molar-refractivity contribution in [3.8, 4) is 0 Å². The summed E-state index contributed by atoms with van der Waals surface area (Å²) in [5.41, 5.74) is 0.963. The lowest BCUT2D eigenvalue weighted by Gasteiger charge is -2.34. The largest absolute Gasteiger partial charge is 0.380 e. The van der Waals surface area contributed by atoms with Crippen LogP contribution in [-0.2, 0) is 21.6 Å². The molecular weight excluding hydrogens is 290 g/mol. The van der Waals surface area contributed by atoms with Gasteiger partial charge in [0, 0.05) is 38.5 Å². The van der Waals surface area contributed by atoms with Crippen LogP contribution < -0.4 is 0 Å². The van der Waals surface area contributed by atoms with Gasteiger partial charge in [-0.3, -0.25) is 9.58 Å². The number of rotatable bonds is 6. The SMILES string of the molecule is CC(C)COCCN1CCS(=O)(=O)C[C@@H]1c1cnn(C)c1. The van der Waals surface area contributed by atoms with E-state index in [1.165, 1.54) is 0 Å². The highest BCUT2D eigenvalue weighted by Crippen LogP contribution is 2.26. The second-order valence-electron chi connectivity index (χ2n) is 6.08. The second-order valence-corrected chi connectivity index (χ2v) is 8.31. The summed E-state index contributed by atoms with van der Waals surface area (Å²) >= 11 is 0. The van der Waals surface area contributed by atoms with E-state index in [1.807, 2.05) is 13.2 Å². The molecule has 21 heavy (non-hydrogen) atoms. The first-order chi connectivity index (χ1) is 9.87. The van der Waals surface area contributed by atoms with E-state index in [1.54, 1.807) is 10.9 Å². The Morgan fingerprint density at radius 3 is 2.86 bits per heavy atom. The van der Waals surface area contributed by atoms with Crippen LogP contribution in [0.1, 0.15) is 25.5 Å². The molecule has 7 heteroatoms. The van der Waals surface area contributed by atoms with Crippen LogP contribution in [0.15, 0.2) is 12.4 Å². The Morgan fingerprint density at radius 1 is 1.48 bits per heavy atom. The summed E-state index contributed by atoms with van der Waals surface area (Å²) in [7, 11) is -1.12. The molecule has 1 saturated heterocycles. The minimum absolute atomic E-state index is 0.111. The lowest BCUT2D eigenvalue weighted by Crippen LogP contribution is -2.44. The van der Waals surface area contributed by atoms with E-state index in [0.717, 1.165) is 18.7 Å². The van der Waals surface area contributed by atoms with Gasteiger partial charge in [-0.25, -0.2) is 8.42 Å². The van der Waals surface area contributed by atoms with Crippen LogP contribution >= 0.6 is 0 Å². The summed E-state index contributed by atoms with van der Waals surface area (Å²) in [4.78, 5) is 2.19. The molecule has 0 bridgehead atoms. The minimum Gasteiger partial charge on any atom is -0.380 e. The fraction of sp³-hybridized carbons (Fsp3) is 0.786. The quantitative estimate of drug-likeness (QED) is 0.729. The molecule has 1 aliphatic heterocycles. The van der Waals surface area contributed by atoms with Crippen molar-refractivity contribution in [1.29, 1.82) is 0 Å². The number of nitrogens with zero attached hydrogens (tertiary/aromatic N) is 3. The number of ether oxygens (including phenoxy) is 1. The van der Waals surface area contributed by atoms with Crippen molar-refractivity contribution in [3.05, 3.63) is 18.0 Å². The van der Waals surface area contributed by atoms with Gasteiger partial charge in [-0.05, 0) is 5.92 Å². The Kier molecular flexibility index (Phi) is 5.40. The van der Waals surface area contributed by atoms with Crippen molar-refractivity contribution in [1.82, 2.24) is 14.7 Å². The summed E-state index contributed by atoms with van der Waals surface area (Å²) in [6, 6.07) is -0.111. The van der Waals surface area contributed by atoms with Gasteiger partial charge in [0.2, 0.25) is 0 Å². The van der Waals surface area contributed by atoms with Crippen LogP contribution in [0.4, 0.5) is 0 Å². The lowest BCUT2D eigenvalue weighted by atomic mass is 10.1. The summed E-state index contributed by atoms with van der Waals surface area (Å²) < 4.78 is 31.2. The van der Waals surface area contributed by atoms with Crippen molar-refractivity contribution in [2.24, 2.45) is 13.0 Å². The predicted octanol–water partition coefficient (Wildman–Crippen LogP) is 0.864. The van der Waals surface area contributed by atoms with Crippen LogP contribution in [0.25, 0.3) is 0 Å². The summed E-state index contributed by atoms with van der Waals surface area (Å²) in [5.74, 6) is 0.914. The van der Waals surface area contributed by atoms with Gasteiger partial charge >= 0.3 is 0 Å². The first-order valence-corrected chi connectivity index (χ1v) is 9.20. The highest BCUT2D eigenvalue weighted by molar-refractivity contribution is 7.91. The maximum atomic E-state index is 11.9. The Balaban J connectivity index is 2.00. The summed E-state index contributed by atoms with van der Waals surface area (Å²) in [5, 5.41) is 4.16. The highest BCUT2D eigenvalue weighted by atomic mass is 32.2. The molecule has 0 saturated carbocycles. The summed E-state index contributed by atoms with van der Waals surface area (Å²) in [6.07, 6.45) is 3.65.